The Bertz CT molecular complexity index is 503. The van der Waals surface area contributed by atoms with E-state index < -0.39 is 0 Å². The third-order valence-electron chi connectivity index (χ3n) is 1.97. The second-order valence-corrected chi connectivity index (χ2v) is 3.71. The number of benzene rings is 1. The Hall–Kier alpha value is -1.50. The Morgan fingerprint density at radius 1 is 1.27 bits per heavy atom. The first kappa shape index (κ1) is 10.0. The second-order valence-electron chi connectivity index (χ2n) is 2.90. The lowest BCUT2D eigenvalue weighted by molar-refractivity contribution is 1.10. The molecule has 1 aromatic heterocycles. The summed E-state index contributed by atoms with van der Waals surface area (Å²) in [7, 11) is 0. The number of nitrogens with one attached hydrogen (secondary N) is 1. The van der Waals surface area contributed by atoms with Crippen molar-refractivity contribution in [1.29, 1.82) is 5.26 Å². The minimum Gasteiger partial charge on any atom is -0.278 e. The zero-order chi connectivity index (χ0) is 10.8. The average Bonchev–Trinajstić information content (AvgIpc) is 2.69. The summed E-state index contributed by atoms with van der Waals surface area (Å²) in [6.07, 6.45) is 1.63. The molecule has 0 saturated carbocycles. The molecular formula is C10H5Cl2N3. The fraction of sp³-hybridized carbons (Fsp3) is 0. The number of H-pyrrole nitrogens is 1. The minimum atomic E-state index is 0.293. The van der Waals surface area contributed by atoms with E-state index in [0.717, 1.165) is 11.3 Å². The molecule has 15 heavy (non-hydrogen) atoms. The van der Waals surface area contributed by atoms with E-state index in [-0.39, 0.29) is 0 Å². The van der Waals surface area contributed by atoms with Crippen molar-refractivity contribution in [2.45, 2.75) is 0 Å². The van der Waals surface area contributed by atoms with Gasteiger partial charge in [-0.2, -0.15) is 10.4 Å². The van der Waals surface area contributed by atoms with Crippen LogP contribution in [0.25, 0.3) is 11.3 Å². The first-order valence-corrected chi connectivity index (χ1v) is 4.87. The summed E-state index contributed by atoms with van der Waals surface area (Å²) in [4.78, 5) is 0. The molecule has 74 valence electrons. The van der Waals surface area contributed by atoms with Crippen molar-refractivity contribution in [2.24, 2.45) is 0 Å². The Morgan fingerprint density at radius 2 is 1.93 bits per heavy atom. The fourth-order valence-corrected chi connectivity index (χ4v) is 1.82. The van der Waals surface area contributed by atoms with E-state index in [9.17, 15) is 0 Å². The van der Waals surface area contributed by atoms with Gasteiger partial charge in [-0.05, 0) is 18.2 Å². The standard InChI is InChI=1S/C10H5Cl2N3/c11-8-3-6(10-1-2-14-15-10)4-9(12)7(8)5-13/h1-4H,(H,14,15). The molecule has 0 fully saturated rings. The Morgan fingerprint density at radius 3 is 2.40 bits per heavy atom. The largest absolute Gasteiger partial charge is 0.278 e. The monoisotopic (exact) mass is 237 g/mol. The number of halogens is 2. The third kappa shape index (κ3) is 1.82. The normalized spacial score (nSPS) is 9.93. The van der Waals surface area contributed by atoms with E-state index in [2.05, 4.69) is 10.2 Å². The lowest BCUT2D eigenvalue weighted by Crippen LogP contribution is -1.84. The fourth-order valence-electron chi connectivity index (χ4n) is 1.25. The van der Waals surface area contributed by atoms with Gasteiger partial charge in [0.05, 0.1) is 21.3 Å². The molecule has 1 N–H and O–H groups in total. The molecule has 0 atom stereocenters. The van der Waals surface area contributed by atoms with Crippen molar-refractivity contribution in [3.63, 3.8) is 0 Å². The van der Waals surface area contributed by atoms with Gasteiger partial charge in [0.15, 0.2) is 0 Å². The SMILES string of the molecule is N#Cc1c(Cl)cc(-c2ccn[nH]2)cc1Cl. The van der Waals surface area contributed by atoms with Crippen LogP contribution >= 0.6 is 23.2 Å². The van der Waals surface area contributed by atoms with Gasteiger partial charge in [-0.1, -0.05) is 23.2 Å². The van der Waals surface area contributed by atoms with E-state index in [1.807, 2.05) is 6.07 Å². The zero-order valence-electron chi connectivity index (χ0n) is 7.46. The van der Waals surface area contributed by atoms with Crippen LogP contribution in [0.2, 0.25) is 10.0 Å². The second kappa shape index (κ2) is 3.93. The maximum atomic E-state index is 8.78. The highest BCUT2D eigenvalue weighted by atomic mass is 35.5. The van der Waals surface area contributed by atoms with Gasteiger partial charge < -0.3 is 0 Å². The van der Waals surface area contributed by atoms with Crippen LogP contribution < -0.4 is 0 Å². The van der Waals surface area contributed by atoms with Crippen molar-refractivity contribution in [2.75, 3.05) is 0 Å². The molecule has 5 heteroatoms. The van der Waals surface area contributed by atoms with Crippen molar-refractivity contribution >= 4 is 23.2 Å². The molecule has 0 aliphatic rings. The Balaban J connectivity index is 2.59. The quantitative estimate of drug-likeness (QED) is 0.828. The van der Waals surface area contributed by atoms with Crippen molar-refractivity contribution < 1.29 is 0 Å². The topological polar surface area (TPSA) is 52.5 Å². The highest BCUT2D eigenvalue weighted by Crippen LogP contribution is 2.30. The molecule has 0 bridgehead atoms. The van der Waals surface area contributed by atoms with Crippen molar-refractivity contribution in [3.05, 3.63) is 40.0 Å². The molecular weight excluding hydrogens is 233 g/mol. The Kier molecular flexibility index (Phi) is 2.63. The van der Waals surface area contributed by atoms with E-state index >= 15 is 0 Å². The number of hydrogen-bond acceptors (Lipinski definition) is 2. The summed E-state index contributed by atoms with van der Waals surface area (Å²) in [6, 6.07) is 7.11. The summed E-state index contributed by atoms with van der Waals surface area (Å²) in [5, 5.41) is 16.1. The third-order valence-corrected chi connectivity index (χ3v) is 2.56. The van der Waals surface area contributed by atoms with E-state index in [1.165, 1.54) is 0 Å². The predicted molar refractivity (Wildman–Crippen MR) is 58.8 cm³/mol. The van der Waals surface area contributed by atoms with Gasteiger partial charge in [0.1, 0.15) is 6.07 Å². The zero-order valence-corrected chi connectivity index (χ0v) is 8.97. The first-order chi connectivity index (χ1) is 7.22. The summed E-state index contributed by atoms with van der Waals surface area (Å²) in [5.74, 6) is 0. The van der Waals surface area contributed by atoms with Crippen molar-refractivity contribution in [1.82, 2.24) is 10.2 Å². The van der Waals surface area contributed by atoms with Gasteiger partial charge >= 0.3 is 0 Å². The summed E-state index contributed by atoms with van der Waals surface area (Å²) >= 11 is 11.8. The van der Waals surface area contributed by atoms with E-state index in [4.69, 9.17) is 28.5 Å². The van der Waals surface area contributed by atoms with Gasteiger partial charge in [0, 0.05) is 11.8 Å². The minimum absolute atomic E-state index is 0.293. The number of nitriles is 1. The smallest absolute Gasteiger partial charge is 0.102 e. The molecule has 0 saturated heterocycles. The van der Waals surface area contributed by atoms with Gasteiger partial charge in [-0.15, -0.1) is 0 Å². The molecule has 0 radical (unpaired) electrons. The predicted octanol–water partition coefficient (Wildman–Crippen LogP) is 3.26. The summed E-state index contributed by atoms with van der Waals surface area (Å²) in [6.45, 7) is 0. The molecule has 1 aromatic carbocycles. The van der Waals surface area contributed by atoms with Crippen LogP contribution in [0.15, 0.2) is 24.4 Å². The van der Waals surface area contributed by atoms with Gasteiger partial charge in [-0.25, -0.2) is 0 Å². The number of nitrogens with zero attached hydrogens (tertiary/aromatic N) is 2. The molecule has 3 nitrogen and oxygen atoms in total. The van der Waals surface area contributed by atoms with Crippen LogP contribution in [0, 0.1) is 11.3 Å². The van der Waals surface area contributed by atoms with Crippen LogP contribution in [-0.4, -0.2) is 10.2 Å². The molecule has 2 rings (SSSR count). The molecule has 0 aliphatic carbocycles. The van der Waals surface area contributed by atoms with Gasteiger partial charge in [0.25, 0.3) is 0 Å². The van der Waals surface area contributed by atoms with Crippen LogP contribution in [-0.2, 0) is 0 Å². The molecule has 0 aliphatic heterocycles. The summed E-state index contributed by atoms with van der Waals surface area (Å²) < 4.78 is 0. The highest BCUT2D eigenvalue weighted by molar-refractivity contribution is 6.37. The molecule has 1 heterocycles. The maximum Gasteiger partial charge on any atom is 0.102 e. The lowest BCUT2D eigenvalue weighted by atomic mass is 10.1. The molecule has 2 aromatic rings. The van der Waals surface area contributed by atoms with Crippen LogP contribution in [0.3, 0.4) is 0 Å². The van der Waals surface area contributed by atoms with Crippen LogP contribution in [0.1, 0.15) is 5.56 Å². The average molecular weight is 238 g/mol. The molecule has 0 unspecified atom stereocenters. The number of rotatable bonds is 1. The molecule has 0 amide bonds. The first-order valence-electron chi connectivity index (χ1n) is 4.11. The van der Waals surface area contributed by atoms with Crippen LogP contribution in [0.5, 0.6) is 0 Å². The van der Waals surface area contributed by atoms with Gasteiger partial charge in [0.2, 0.25) is 0 Å². The highest BCUT2D eigenvalue weighted by Gasteiger charge is 2.09. The number of aromatic amines is 1. The van der Waals surface area contributed by atoms with Gasteiger partial charge in [-0.3, -0.25) is 5.10 Å². The van der Waals surface area contributed by atoms with Crippen LogP contribution in [0.4, 0.5) is 0 Å². The van der Waals surface area contributed by atoms with E-state index in [1.54, 1.807) is 24.4 Å². The summed E-state index contributed by atoms with van der Waals surface area (Å²) in [5.41, 5.74) is 1.91. The number of aromatic nitrogens is 2. The Labute approximate surface area is 96.2 Å². The van der Waals surface area contributed by atoms with Crippen molar-refractivity contribution in [3.8, 4) is 17.3 Å². The number of hydrogen-bond donors (Lipinski definition) is 1. The van der Waals surface area contributed by atoms with E-state index in [0.29, 0.717) is 15.6 Å². The molecule has 0 spiro atoms. The lowest BCUT2D eigenvalue weighted by Gasteiger charge is -2.02. The maximum absolute atomic E-state index is 8.78.